The number of rotatable bonds is 2. The SMILES string of the molecule is CC(C)(C)[C@]1(O)CC(C(F)(F)F)=NN1C(=O)Cc1ccccc1. The molecule has 4 nitrogen and oxygen atoms in total. The van der Waals surface area contributed by atoms with E-state index >= 15 is 0 Å². The van der Waals surface area contributed by atoms with Crippen LogP contribution in [0.5, 0.6) is 0 Å². The van der Waals surface area contributed by atoms with E-state index in [1.165, 1.54) is 0 Å². The van der Waals surface area contributed by atoms with Gasteiger partial charge in [-0.2, -0.15) is 18.3 Å². The van der Waals surface area contributed by atoms with Gasteiger partial charge in [-0.1, -0.05) is 51.1 Å². The molecule has 1 atom stereocenters. The predicted molar refractivity (Wildman–Crippen MR) is 79.5 cm³/mol. The minimum atomic E-state index is -4.68. The van der Waals surface area contributed by atoms with Crippen molar-refractivity contribution in [3.63, 3.8) is 0 Å². The fourth-order valence-corrected chi connectivity index (χ4v) is 2.39. The highest BCUT2D eigenvalue weighted by Gasteiger charge is 2.57. The molecule has 0 radical (unpaired) electrons. The lowest BCUT2D eigenvalue weighted by molar-refractivity contribution is -0.181. The molecule has 1 aliphatic heterocycles. The van der Waals surface area contributed by atoms with Crippen LogP contribution < -0.4 is 0 Å². The van der Waals surface area contributed by atoms with Gasteiger partial charge in [-0.15, -0.1) is 0 Å². The van der Waals surface area contributed by atoms with Crippen LogP contribution in [0.3, 0.4) is 0 Å². The molecular weight excluding hydrogens is 309 g/mol. The molecule has 1 N–H and O–H groups in total. The lowest BCUT2D eigenvalue weighted by atomic mass is 9.80. The summed E-state index contributed by atoms with van der Waals surface area (Å²) in [5.41, 5.74) is -3.50. The van der Waals surface area contributed by atoms with E-state index in [4.69, 9.17) is 0 Å². The second-order valence-corrected chi connectivity index (χ2v) is 6.66. The normalized spacial score (nSPS) is 22.2. The summed E-state index contributed by atoms with van der Waals surface area (Å²) >= 11 is 0. The van der Waals surface area contributed by atoms with Gasteiger partial charge in [0.1, 0.15) is 5.71 Å². The Hall–Kier alpha value is -1.89. The van der Waals surface area contributed by atoms with Gasteiger partial charge in [-0.3, -0.25) is 4.79 Å². The molecule has 1 amide bonds. The van der Waals surface area contributed by atoms with Crippen LogP contribution in [0.15, 0.2) is 35.4 Å². The smallest absolute Gasteiger partial charge is 0.368 e. The number of hydrogen-bond acceptors (Lipinski definition) is 3. The highest BCUT2D eigenvalue weighted by Crippen LogP contribution is 2.43. The summed E-state index contributed by atoms with van der Waals surface area (Å²) in [7, 11) is 0. The molecule has 2 rings (SSSR count). The third-order valence-electron chi connectivity index (χ3n) is 3.95. The van der Waals surface area contributed by atoms with Crippen LogP contribution in [0.4, 0.5) is 13.2 Å². The van der Waals surface area contributed by atoms with Crippen molar-refractivity contribution in [2.45, 2.75) is 45.5 Å². The van der Waals surface area contributed by atoms with Crippen LogP contribution in [0.25, 0.3) is 0 Å². The Morgan fingerprint density at radius 1 is 1.26 bits per heavy atom. The fraction of sp³-hybridized carbons (Fsp3) is 0.500. The van der Waals surface area contributed by atoms with E-state index in [0.717, 1.165) is 0 Å². The minimum Gasteiger partial charge on any atom is -0.368 e. The summed E-state index contributed by atoms with van der Waals surface area (Å²) in [6.45, 7) is 4.72. The summed E-state index contributed by atoms with van der Waals surface area (Å²) in [5, 5.41) is 14.8. The second-order valence-electron chi connectivity index (χ2n) is 6.66. The fourth-order valence-electron chi connectivity index (χ4n) is 2.39. The molecule has 0 bridgehead atoms. The number of hydrogen-bond donors (Lipinski definition) is 1. The van der Waals surface area contributed by atoms with Crippen molar-refractivity contribution < 1.29 is 23.1 Å². The van der Waals surface area contributed by atoms with Crippen molar-refractivity contribution in [3.8, 4) is 0 Å². The number of carbonyl (C=O) groups is 1. The maximum absolute atomic E-state index is 13.0. The molecule has 126 valence electrons. The largest absolute Gasteiger partial charge is 0.431 e. The van der Waals surface area contributed by atoms with E-state index in [9.17, 15) is 23.1 Å². The molecule has 0 unspecified atom stereocenters. The first-order valence-electron chi connectivity index (χ1n) is 7.19. The van der Waals surface area contributed by atoms with E-state index in [1.54, 1.807) is 51.1 Å². The molecule has 1 heterocycles. The molecule has 1 aliphatic rings. The lowest BCUT2D eigenvalue weighted by Gasteiger charge is -2.41. The van der Waals surface area contributed by atoms with Crippen molar-refractivity contribution >= 4 is 11.6 Å². The monoisotopic (exact) mass is 328 g/mol. The minimum absolute atomic E-state index is 0.131. The summed E-state index contributed by atoms with van der Waals surface area (Å²) in [5.74, 6) is -0.673. The Bertz CT molecular complexity index is 620. The van der Waals surface area contributed by atoms with E-state index in [2.05, 4.69) is 5.10 Å². The average Bonchev–Trinajstić information content (AvgIpc) is 2.79. The van der Waals surface area contributed by atoms with Gasteiger partial charge >= 0.3 is 6.18 Å². The van der Waals surface area contributed by atoms with E-state index in [-0.39, 0.29) is 6.42 Å². The quantitative estimate of drug-likeness (QED) is 0.907. The van der Waals surface area contributed by atoms with Gasteiger partial charge in [-0.25, -0.2) is 5.01 Å². The van der Waals surface area contributed by atoms with Crippen LogP contribution >= 0.6 is 0 Å². The highest BCUT2D eigenvalue weighted by molar-refractivity contribution is 5.94. The Morgan fingerprint density at radius 2 is 1.83 bits per heavy atom. The van der Waals surface area contributed by atoms with Gasteiger partial charge < -0.3 is 5.11 Å². The van der Waals surface area contributed by atoms with Crippen molar-refractivity contribution in [2.24, 2.45) is 10.5 Å². The zero-order valence-corrected chi connectivity index (χ0v) is 13.2. The van der Waals surface area contributed by atoms with Crippen LogP contribution in [0.1, 0.15) is 32.8 Å². The van der Waals surface area contributed by atoms with Crippen LogP contribution in [0, 0.1) is 5.41 Å². The topological polar surface area (TPSA) is 52.9 Å². The molecule has 1 aromatic rings. The first kappa shape index (κ1) is 17.5. The Balaban J connectivity index is 2.34. The Labute approximate surface area is 132 Å². The number of benzene rings is 1. The van der Waals surface area contributed by atoms with Gasteiger partial charge in [0, 0.05) is 11.8 Å². The van der Waals surface area contributed by atoms with Crippen LogP contribution in [-0.2, 0) is 11.2 Å². The maximum Gasteiger partial charge on any atom is 0.431 e. The van der Waals surface area contributed by atoms with Crippen LogP contribution in [-0.4, -0.2) is 33.6 Å². The summed E-state index contributed by atoms with van der Waals surface area (Å²) in [6, 6.07) is 8.62. The molecule has 23 heavy (non-hydrogen) atoms. The molecule has 0 fully saturated rings. The van der Waals surface area contributed by atoms with Gasteiger partial charge in [-0.05, 0) is 5.56 Å². The van der Waals surface area contributed by atoms with Gasteiger partial charge in [0.15, 0.2) is 5.72 Å². The maximum atomic E-state index is 13.0. The van der Waals surface area contributed by atoms with E-state index in [1.807, 2.05) is 0 Å². The van der Waals surface area contributed by atoms with Crippen molar-refractivity contribution in [1.82, 2.24) is 5.01 Å². The number of alkyl halides is 3. The lowest BCUT2D eigenvalue weighted by Crippen LogP contribution is -2.55. The summed E-state index contributed by atoms with van der Waals surface area (Å²) in [4.78, 5) is 12.4. The number of hydrazone groups is 1. The molecule has 0 saturated heterocycles. The Morgan fingerprint density at radius 3 is 2.30 bits per heavy atom. The number of nitrogens with zero attached hydrogens (tertiary/aromatic N) is 2. The first-order chi connectivity index (χ1) is 10.4. The standard InChI is InChI=1S/C16H19F3N2O2/c1-14(2,3)15(23)10-12(16(17,18)19)20-21(15)13(22)9-11-7-5-4-6-8-11/h4-8,23H,9-10H2,1-3H3/t15-/m1/s1. The Kier molecular flexibility index (Phi) is 4.28. The molecule has 0 spiro atoms. The number of aliphatic hydroxyl groups is 1. The molecule has 7 heteroatoms. The third-order valence-corrected chi connectivity index (χ3v) is 3.95. The summed E-state index contributed by atoms with van der Waals surface area (Å²) < 4.78 is 38.9. The van der Waals surface area contributed by atoms with E-state index < -0.39 is 35.4 Å². The third kappa shape index (κ3) is 3.39. The summed E-state index contributed by atoms with van der Waals surface area (Å²) in [6.07, 6.45) is -5.55. The molecule has 1 aromatic carbocycles. The molecular formula is C16H19F3N2O2. The van der Waals surface area contributed by atoms with Gasteiger partial charge in [0.25, 0.3) is 0 Å². The number of carbonyl (C=O) groups excluding carboxylic acids is 1. The zero-order valence-electron chi connectivity index (χ0n) is 13.2. The molecule has 0 aromatic heterocycles. The van der Waals surface area contributed by atoms with E-state index in [0.29, 0.717) is 10.6 Å². The first-order valence-corrected chi connectivity index (χ1v) is 7.19. The predicted octanol–water partition coefficient (Wildman–Crippen LogP) is 3.11. The van der Waals surface area contributed by atoms with Crippen molar-refractivity contribution in [2.75, 3.05) is 0 Å². The van der Waals surface area contributed by atoms with Gasteiger partial charge in [0.2, 0.25) is 5.91 Å². The number of halogens is 3. The average molecular weight is 328 g/mol. The van der Waals surface area contributed by atoms with Crippen LogP contribution in [0.2, 0.25) is 0 Å². The van der Waals surface area contributed by atoms with Crippen molar-refractivity contribution in [3.05, 3.63) is 35.9 Å². The van der Waals surface area contributed by atoms with Crippen molar-refractivity contribution in [1.29, 1.82) is 0 Å². The zero-order chi connectivity index (χ0) is 17.5. The van der Waals surface area contributed by atoms with Gasteiger partial charge in [0.05, 0.1) is 6.42 Å². The molecule has 0 saturated carbocycles. The molecule has 0 aliphatic carbocycles. The number of amides is 1. The second kappa shape index (κ2) is 5.63. The highest BCUT2D eigenvalue weighted by atomic mass is 19.4.